The van der Waals surface area contributed by atoms with Crippen LogP contribution in [0.2, 0.25) is 0 Å². The fourth-order valence-electron chi connectivity index (χ4n) is 14.5. The van der Waals surface area contributed by atoms with Crippen LogP contribution in [0.1, 0.15) is 121 Å². The van der Waals surface area contributed by atoms with Crippen LogP contribution in [-0.4, -0.2) is 112 Å². The summed E-state index contributed by atoms with van der Waals surface area (Å²) in [6, 6.07) is 0. The Morgan fingerprint density at radius 1 is 0.940 bits per heavy atom. The standard InChI is InChI=1S/C41H70N2O7/c1-11-48-33(37(7,8)47)26-22-25(2)30-31(49-26)32(44)39(10)28-13-12-27-36(5,6)29(14-15-40(27)23-41(28,40)17-16-38(30,39)9)50-34(45)43-20-18-42(19-21-43)24-35(3,4)46/h25-33,44,46-47H,11-24H2,1-10H3/t25-,26?,27+,28?,29+,30+,31?,32+,33+,38-,39-,40-,41?/m1/s1. The number of aliphatic hydroxyl groups is 3. The zero-order valence-electron chi connectivity index (χ0n) is 33.0. The SMILES string of the molecule is CCO[C@@H](C1C[C@@H](C)[C@H]2C(O1)[C@H](O)[C@@]1(C)C3CC[C@H]4C(C)(C)[C@@H](OC(=O)N5CCN(CC(C)(C)O)CC5)CC[C@@]45CC35CC[C@]21C)C(C)(C)O. The summed E-state index contributed by atoms with van der Waals surface area (Å²) in [4.78, 5) is 17.6. The number of ether oxygens (including phenoxy) is 3. The molecule has 13 atom stereocenters. The number of amides is 1. The smallest absolute Gasteiger partial charge is 0.410 e. The molecule has 50 heavy (non-hydrogen) atoms. The maximum absolute atomic E-state index is 13.5. The van der Waals surface area contributed by atoms with Crippen LogP contribution in [-0.2, 0) is 14.2 Å². The molecule has 2 aliphatic heterocycles. The van der Waals surface area contributed by atoms with Gasteiger partial charge in [-0.1, -0.05) is 34.6 Å². The second kappa shape index (κ2) is 12.0. The molecule has 9 nitrogen and oxygen atoms in total. The van der Waals surface area contributed by atoms with Crippen LogP contribution in [0, 0.1) is 50.7 Å². The number of carbonyl (C=O) groups excluding carboxylic acids is 1. The average Bonchev–Trinajstić information content (AvgIpc) is 3.65. The Balaban J connectivity index is 1.07. The van der Waals surface area contributed by atoms with Gasteiger partial charge in [0, 0.05) is 50.2 Å². The Morgan fingerprint density at radius 2 is 1.58 bits per heavy atom. The zero-order chi connectivity index (χ0) is 36.4. The fraction of sp³-hybridized carbons (Fsp3) is 0.976. The molecule has 0 bridgehead atoms. The number of hydrogen-bond donors (Lipinski definition) is 3. The van der Waals surface area contributed by atoms with Gasteiger partial charge in [-0.3, -0.25) is 4.90 Å². The minimum absolute atomic E-state index is 0.0248. The van der Waals surface area contributed by atoms with Crippen LogP contribution in [0.3, 0.4) is 0 Å². The maximum Gasteiger partial charge on any atom is 0.410 e. The van der Waals surface area contributed by atoms with E-state index in [0.29, 0.717) is 44.0 Å². The highest BCUT2D eigenvalue weighted by Crippen LogP contribution is 2.89. The molecule has 1 amide bonds. The van der Waals surface area contributed by atoms with Gasteiger partial charge in [0.05, 0.1) is 29.5 Å². The van der Waals surface area contributed by atoms with Crippen molar-refractivity contribution in [3.8, 4) is 0 Å². The van der Waals surface area contributed by atoms with E-state index in [1.807, 2.05) is 39.5 Å². The molecule has 2 heterocycles. The second-order valence-corrected chi connectivity index (χ2v) is 20.5. The van der Waals surface area contributed by atoms with Crippen molar-refractivity contribution in [2.45, 2.75) is 162 Å². The largest absolute Gasteiger partial charge is 0.446 e. The molecule has 0 aromatic heterocycles. The molecule has 7 fully saturated rings. The van der Waals surface area contributed by atoms with E-state index >= 15 is 0 Å². The molecule has 5 aliphatic carbocycles. The van der Waals surface area contributed by atoms with E-state index in [1.54, 1.807) is 0 Å². The third-order valence-electron chi connectivity index (χ3n) is 16.6. The molecule has 0 aromatic carbocycles. The summed E-state index contributed by atoms with van der Waals surface area (Å²) in [7, 11) is 0. The van der Waals surface area contributed by atoms with Gasteiger partial charge in [-0.25, -0.2) is 4.79 Å². The summed E-state index contributed by atoms with van der Waals surface area (Å²) >= 11 is 0. The van der Waals surface area contributed by atoms with Crippen molar-refractivity contribution in [2.75, 3.05) is 39.3 Å². The Hall–Kier alpha value is -0.970. The van der Waals surface area contributed by atoms with Gasteiger partial charge < -0.3 is 34.4 Å². The van der Waals surface area contributed by atoms with E-state index in [-0.39, 0.29) is 57.4 Å². The maximum atomic E-state index is 13.5. The molecule has 7 rings (SSSR count). The lowest BCUT2D eigenvalue weighted by atomic mass is 9.41. The number of nitrogens with zero attached hydrogens (tertiary/aromatic N) is 2. The number of rotatable bonds is 7. The number of aliphatic hydroxyl groups excluding tert-OH is 1. The van der Waals surface area contributed by atoms with E-state index in [0.717, 1.165) is 51.6 Å². The van der Waals surface area contributed by atoms with Gasteiger partial charge in [0.25, 0.3) is 0 Å². The predicted octanol–water partition coefficient (Wildman–Crippen LogP) is 5.87. The first-order chi connectivity index (χ1) is 23.2. The van der Waals surface area contributed by atoms with Crippen molar-refractivity contribution in [1.29, 1.82) is 0 Å². The lowest BCUT2D eigenvalue weighted by Gasteiger charge is -2.63. The number of β-amino-alcohol motifs (C(OH)–C–C–N with tert-alkyl or cyclic N) is 1. The van der Waals surface area contributed by atoms with Crippen molar-refractivity contribution in [3.05, 3.63) is 0 Å². The number of piperazine rings is 1. The van der Waals surface area contributed by atoms with Crippen LogP contribution < -0.4 is 0 Å². The van der Waals surface area contributed by atoms with Crippen LogP contribution >= 0.6 is 0 Å². The quantitative estimate of drug-likeness (QED) is 0.302. The van der Waals surface area contributed by atoms with Gasteiger partial charge >= 0.3 is 6.09 Å². The molecule has 7 aliphatic rings. The summed E-state index contributed by atoms with van der Waals surface area (Å²) in [6.07, 6.45) is 6.84. The van der Waals surface area contributed by atoms with Crippen LogP contribution in [0.15, 0.2) is 0 Å². The summed E-state index contributed by atoms with van der Waals surface area (Å²) in [5, 5.41) is 33.9. The highest BCUT2D eigenvalue weighted by molar-refractivity contribution is 5.68. The summed E-state index contributed by atoms with van der Waals surface area (Å²) in [6.45, 7) is 25.2. The first-order valence-corrected chi connectivity index (χ1v) is 20.2. The molecule has 2 saturated heterocycles. The molecular formula is C41H70N2O7. The van der Waals surface area contributed by atoms with Gasteiger partial charge in [-0.2, -0.15) is 0 Å². The number of carbonyl (C=O) groups is 1. The van der Waals surface area contributed by atoms with Crippen molar-refractivity contribution in [2.24, 2.45) is 50.7 Å². The van der Waals surface area contributed by atoms with Gasteiger partial charge in [0.1, 0.15) is 12.2 Å². The van der Waals surface area contributed by atoms with E-state index in [1.165, 1.54) is 12.8 Å². The Morgan fingerprint density at radius 3 is 2.20 bits per heavy atom. The molecule has 2 spiro atoms. The van der Waals surface area contributed by atoms with Gasteiger partial charge in [-0.15, -0.1) is 0 Å². The molecule has 286 valence electrons. The molecule has 0 radical (unpaired) electrons. The van der Waals surface area contributed by atoms with Crippen LogP contribution in [0.4, 0.5) is 4.79 Å². The lowest BCUT2D eigenvalue weighted by Crippen LogP contribution is -2.60. The summed E-state index contributed by atoms with van der Waals surface area (Å²) < 4.78 is 19.5. The molecular weight excluding hydrogens is 632 g/mol. The van der Waals surface area contributed by atoms with Crippen LogP contribution in [0.25, 0.3) is 0 Å². The van der Waals surface area contributed by atoms with E-state index in [9.17, 15) is 20.1 Å². The van der Waals surface area contributed by atoms with Gasteiger partial charge in [0.2, 0.25) is 0 Å². The van der Waals surface area contributed by atoms with E-state index in [4.69, 9.17) is 14.2 Å². The van der Waals surface area contributed by atoms with E-state index in [2.05, 4.69) is 39.5 Å². The third kappa shape index (κ3) is 5.31. The topological polar surface area (TPSA) is 112 Å². The second-order valence-electron chi connectivity index (χ2n) is 20.5. The van der Waals surface area contributed by atoms with Crippen LogP contribution in [0.5, 0.6) is 0 Å². The van der Waals surface area contributed by atoms with Crippen molar-refractivity contribution in [3.63, 3.8) is 0 Å². The molecule has 0 aromatic rings. The number of fused-ring (bicyclic) bond motifs is 4. The monoisotopic (exact) mass is 703 g/mol. The summed E-state index contributed by atoms with van der Waals surface area (Å²) in [5.41, 5.74) is -1.70. The zero-order valence-corrected chi connectivity index (χ0v) is 33.0. The molecule has 3 N–H and O–H groups in total. The van der Waals surface area contributed by atoms with E-state index < -0.39 is 23.4 Å². The fourth-order valence-corrected chi connectivity index (χ4v) is 14.5. The molecule has 5 saturated carbocycles. The third-order valence-corrected chi connectivity index (χ3v) is 16.6. The van der Waals surface area contributed by atoms with Gasteiger partial charge in [-0.05, 0) is 126 Å². The Labute approximate surface area is 302 Å². The highest BCUT2D eigenvalue weighted by Gasteiger charge is 2.84. The predicted molar refractivity (Wildman–Crippen MR) is 192 cm³/mol. The van der Waals surface area contributed by atoms with Crippen molar-refractivity contribution < 1.29 is 34.3 Å². The number of hydrogen-bond acceptors (Lipinski definition) is 8. The van der Waals surface area contributed by atoms with Gasteiger partial charge in [0.15, 0.2) is 0 Å². The lowest BCUT2D eigenvalue weighted by molar-refractivity contribution is -0.215. The first-order valence-electron chi connectivity index (χ1n) is 20.2. The normalized spacial score (nSPS) is 47.7. The molecule has 9 heteroatoms. The van der Waals surface area contributed by atoms with Crippen molar-refractivity contribution >= 4 is 6.09 Å². The minimum Gasteiger partial charge on any atom is -0.446 e. The molecule has 4 unspecified atom stereocenters. The first kappa shape index (κ1) is 37.3. The Bertz CT molecular complexity index is 1300. The summed E-state index contributed by atoms with van der Waals surface area (Å²) in [5.74, 6) is 1.56. The highest BCUT2D eigenvalue weighted by atomic mass is 16.6. The minimum atomic E-state index is -1.03. The average molecular weight is 703 g/mol. The van der Waals surface area contributed by atoms with Crippen molar-refractivity contribution in [1.82, 2.24) is 9.80 Å². The Kier molecular flexibility index (Phi) is 8.98.